The molecule has 0 atom stereocenters. The summed E-state index contributed by atoms with van der Waals surface area (Å²) in [5, 5.41) is 0. The number of hydrogen-bond donors (Lipinski definition) is 2. The van der Waals surface area contributed by atoms with E-state index in [0.29, 0.717) is 16.9 Å². The predicted octanol–water partition coefficient (Wildman–Crippen LogP) is 2.38. The van der Waals surface area contributed by atoms with Crippen molar-refractivity contribution >= 4 is 21.4 Å². The second-order valence-corrected chi connectivity index (χ2v) is 5.65. The molecule has 0 heterocycles. The molecule has 0 spiro atoms. The Morgan fingerprint density at radius 1 is 1.06 bits per heavy atom. The van der Waals surface area contributed by atoms with Crippen LogP contribution < -0.4 is 10.5 Å². The van der Waals surface area contributed by atoms with Gasteiger partial charge in [-0.1, -0.05) is 24.3 Å². The number of nitrogens with one attached hydrogen (secondary N) is 1. The van der Waals surface area contributed by atoms with Crippen LogP contribution in [0.3, 0.4) is 0 Å². The van der Waals surface area contributed by atoms with Crippen LogP contribution in [0.2, 0.25) is 0 Å². The third kappa shape index (κ3) is 2.62. The van der Waals surface area contributed by atoms with Crippen LogP contribution in [-0.4, -0.2) is 8.42 Å². The van der Waals surface area contributed by atoms with E-state index in [1.165, 1.54) is 6.07 Å². The van der Waals surface area contributed by atoms with E-state index in [-0.39, 0.29) is 4.90 Å². The summed E-state index contributed by atoms with van der Waals surface area (Å²) in [5.74, 6) is 0. The summed E-state index contributed by atoms with van der Waals surface area (Å²) in [6.45, 7) is 1.74. The fourth-order valence-corrected chi connectivity index (χ4v) is 2.96. The molecule has 0 aliphatic rings. The molecule has 0 saturated heterocycles. The highest BCUT2D eigenvalue weighted by Gasteiger charge is 2.16. The zero-order chi connectivity index (χ0) is 13.2. The van der Waals surface area contributed by atoms with Crippen molar-refractivity contribution < 1.29 is 8.42 Å². The van der Waals surface area contributed by atoms with Gasteiger partial charge in [-0.2, -0.15) is 0 Å². The smallest absolute Gasteiger partial charge is 0.262 e. The van der Waals surface area contributed by atoms with Gasteiger partial charge in [0.05, 0.1) is 4.90 Å². The molecule has 0 aliphatic carbocycles. The number of sulfonamides is 1. The van der Waals surface area contributed by atoms with Gasteiger partial charge in [-0.25, -0.2) is 8.42 Å². The number of nitrogens with two attached hydrogens (primary N) is 1. The minimum atomic E-state index is -3.60. The van der Waals surface area contributed by atoms with E-state index in [4.69, 9.17) is 5.73 Å². The van der Waals surface area contributed by atoms with Crippen molar-refractivity contribution in [2.45, 2.75) is 11.8 Å². The van der Waals surface area contributed by atoms with Crippen molar-refractivity contribution in [1.82, 2.24) is 0 Å². The molecule has 18 heavy (non-hydrogen) atoms. The molecule has 2 aromatic carbocycles. The molecular weight excluding hydrogens is 248 g/mol. The van der Waals surface area contributed by atoms with Gasteiger partial charge in [0.15, 0.2) is 0 Å². The average molecular weight is 262 g/mol. The van der Waals surface area contributed by atoms with Crippen LogP contribution >= 0.6 is 0 Å². The summed E-state index contributed by atoms with van der Waals surface area (Å²) in [4.78, 5) is 0.200. The van der Waals surface area contributed by atoms with Crippen LogP contribution in [0.15, 0.2) is 53.4 Å². The Labute approximate surface area is 107 Å². The van der Waals surface area contributed by atoms with Gasteiger partial charge >= 0.3 is 0 Å². The molecule has 4 nitrogen and oxygen atoms in total. The summed E-state index contributed by atoms with van der Waals surface area (Å²) in [7, 11) is -3.60. The Kier molecular flexibility index (Phi) is 3.25. The van der Waals surface area contributed by atoms with Gasteiger partial charge in [0.2, 0.25) is 0 Å². The zero-order valence-electron chi connectivity index (χ0n) is 9.92. The van der Waals surface area contributed by atoms with Crippen molar-refractivity contribution in [3.63, 3.8) is 0 Å². The van der Waals surface area contributed by atoms with Crippen LogP contribution in [0.1, 0.15) is 5.56 Å². The second-order valence-electron chi connectivity index (χ2n) is 4.00. The van der Waals surface area contributed by atoms with Crippen molar-refractivity contribution in [3.8, 4) is 0 Å². The van der Waals surface area contributed by atoms with Gasteiger partial charge in [0.1, 0.15) is 0 Å². The third-order valence-electron chi connectivity index (χ3n) is 2.53. The van der Waals surface area contributed by atoms with E-state index in [0.717, 1.165) is 0 Å². The number of aryl methyl sites for hydroxylation is 1. The number of hydrogen-bond acceptors (Lipinski definition) is 3. The van der Waals surface area contributed by atoms with Crippen molar-refractivity contribution in [1.29, 1.82) is 0 Å². The maximum absolute atomic E-state index is 12.2. The summed E-state index contributed by atoms with van der Waals surface area (Å²) >= 11 is 0. The standard InChI is InChI=1S/C13H14N2O2S/c1-10-7-8-11(14)9-13(10)18(16,17)15-12-5-3-2-4-6-12/h2-9,15H,14H2,1H3. The molecule has 0 aromatic heterocycles. The van der Waals surface area contributed by atoms with E-state index in [2.05, 4.69) is 4.72 Å². The summed E-state index contributed by atoms with van der Waals surface area (Å²) in [5.41, 5.74) is 7.24. The Bertz CT molecular complexity index is 652. The second kappa shape index (κ2) is 4.70. The Hall–Kier alpha value is -2.01. The Morgan fingerprint density at radius 2 is 1.72 bits per heavy atom. The molecule has 0 saturated carbocycles. The van der Waals surface area contributed by atoms with Gasteiger partial charge in [-0.15, -0.1) is 0 Å². The number of benzene rings is 2. The lowest BCUT2D eigenvalue weighted by atomic mass is 10.2. The first kappa shape index (κ1) is 12.4. The monoisotopic (exact) mass is 262 g/mol. The number of rotatable bonds is 3. The molecule has 94 valence electrons. The maximum atomic E-state index is 12.2. The fraction of sp³-hybridized carbons (Fsp3) is 0.0769. The zero-order valence-corrected chi connectivity index (χ0v) is 10.7. The van der Waals surface area contributed by atoms with Crippen LogP contribution in [0, 0.1) is 6.92 Å². The first-order chi connectivity index (χ1) is 8.49. The van der Waals surface area contributed by atoms with E-state index in [1.807, 2.05) is 6.07 Å². The molecule has 0 unspecified atom stereocenters. The number of anilines is 2. The predicted molar refractivity (Wildman–Crippen MR) is 72.8 cm³/mol. The number of nitrogen functional groups attached to an aromatic ring is 1. The molecule has 5 heteroatoms. The minimum Gasteiger partial charge on any atom is -0.399 e. The summed E-state index contributed by atoms with van der Waals surface area (Å²) < 4.78 is 26.9. The molecule has 0 radical (unpaired) electrons. The van der Waals surface area contributed by atoms with E-state index in [1.54, 1.807) is 43.3 Å². The topological polar surface area (TPSA) is 72.2 Å². The molecule has 2 rings (SSSR count). The lowest BCUT2D eigenvalue weighted by Crippen LogP contribution is -2.14. The summed E-state index contributed by atoms with van der Waals surface area (Å²) in [6.07, 6.45) is 0. The lowest BCUT2D eigenvalue weighted by Gasteiger charge is -2.10. The van der Waals surface area contributed by atoms with Crippen LogP contribution in [-0.2, 0) is 10.0 Å². The van der Waals surface area contributed by atoms with Gasteiger partial charge in [0, 0.05) is 11.4 Å². The SMILES string of the molecule is Cc1ccc(N)cc1S(=O)(=O)Nc1ccccc1. The molecule has 0 bridgehead atoms. The highest BCUT2D eigenvalue weighted by molar-refractivity contribution is 7.92. The van der Waals surface area contributed by atoms with Crippen molar-refractivity contribution in [2.75, 3.05) is 10.5 Å². The maximum Gasteiger partial charge on any atom is 0.262 e. The van der Waals surface area contributed by atoms with E-state index >= 15 is 0 Å². The molecule has 0 amide bonds. The average Bonchev–Trinajstić information content (AvgIpc) is 2.33. The largest absolute Gasteiger partial charge is 0.399 e. The van der Waals surface area contributed by atoms with Gasteiger partial charge in [-0.05, 0) is 36.8 Å². The van der Waals surface area contributed by atoms with Crippen molar-refractivity contribution in [3.05, 3.63) is 54.1 Å². The molecule has 0 aliphatic heterocycles. The molecule has 2 aromatic rings. The minimum absolute atomic E-state index is 0.200. The lowest BCUT2D eigenvalue weighted by molar-refractivity contribution is 0.600. The molecule has 3 N–H and O–H groups in total. The van der Waals surface area contributed by atoms with Crippen molar-refractivity contribution in [2.24, 2.45) is 0 Å². The number of para-hydroxylation sites is 1. The summed E-state index contributed by atoms with van der Waals surface area (Å²) in [6, 6.07) is 13.6. The quantitative estimate of drug-likeness (QED) is 0.834. The van der Waals surface area contributed by atoms with Gasteiger partial charge in [0.25, 0.3) is 10.0 Å². The van der Waals surface area contributed by atoms with Crippen LogP contribution in [0.4, 0.5) is 11.4 Å². The van der Waals surface area contributed by atoms with Gasteiger partial charge in [-0.3, -0.25) is 4.72 Å². The van der Waals surface area contributed by atoms with Gasteiger partial charge < -0.3 is 5.73 Å². The normalized spacial score (nSPS) is 11.2. The Morgan fingerprint density at radius 3 is 2.39 bits per heavy atom. The van der Waals surface area contributed by atoms with Crippen LogP contribution in [0.25, 0.3) is 0 Å². The molecule has 0 fully saturated rings. The highest BCUT2D eigenvalue weighted by Crippen LogP contribution is 2.21. The Balaban J connectivity index is 2.40. The first-order valence-electron chi connectivity index (χ1n) is 5.43. The first-order valence-corrected chi connectivity index (χ1v) is 6.91. The van der Waals surface area contributed by atoms with Crippen LogP contribution in [0.5, 0.6) is 0 Å². The van der Waals surface area contributed by atoms with E-state index in [9.17, 15) is 8.42 Å². The fourth-order valence-electron chi connectivity index (χ4n) is 1.62. The molecular formula is C13H14N2O2S. The van der Waals surface area contributed by atoms with E-state index < -0.39 is 10.0 Å². The third-order valence-corrected chi connectivity index (χ3v) is 4.05. The highest BCUT2D eigenvalue weighted by atomic mass is 32.2.